The molecule has 0 aliphatic carbocycles. The van der Waals surface area contributed by atoms with E-state index in [1.165, 1.54) is 109 Å². The average molecular weight is 438 g/mol. The molecule has 3 heteroatoms. The van der Waals surface area contributed by atoms with Gasteiger partial charge in [0.25, 0.3) is 0 Å². The van der Waals surface area contributed by atoms with E-state index in [1.807, 2.05) is 6.29 Å². The summed E-state index contributed by atoms with van der Waals surface area (Å²) in [4.78, 5) is 23.0. The summed E-state index contributed by atoms with van der Waals surface area (Å²) in [6.07, 6.45) is 28.9. The van der Waals surface area contributed by atoms with Crippen LogP contribution in [0.25, 0.3) is 0 Å². The van der Waals surface area contributed by atoms with Crippen LogP contribution in [0.2, 0.25) is 0 Å². The van der Waals surface area contributed by atoms with Gasteiger partial charge in [0.15, 0.2) is 6.10 Å². The van der Waals surface area contributed by atoms with Crippen LogP contribution in [0.3, 0.4) is 0 Å². The fourth-order valence-corrected chi connectivity index (χ4v) is 4.11. The lowest BCUT2D eigenvalue weighted by atomic mass is 10.0. The molecule has 0 rings (SSSR count). The summed E-state index contributed by atoms with van der Waals surface area (Å²) in [5, 5.41) is 0. The smallest absolute Gasteiger partial charge is 0.306 e. The maximum atomic E-state index is 12.0. The molecular formula is C28H53O3. The fourth-order valence-electron chi connectivity index (χ4n) is 4.11. The summed E-state index contributed by atoms with van der Waals surface area (Å²) in [5.41, 5.74) is 0. The fraction of sp³-hybridized carbons (Fsp3) is 0.929. The van der Waals surface area contributed by atoms with Gasteiger partial charge in [0.2, 0.25) is 6.29 Å². The molecule has 0 aromatic carbocycles. The van der Waals surface area contributed by atoms with Crippen molar-refractivity contribution in [3.63, 3.8) is 0 Å². The van der Waals surface area contributed by atoms with Crippen molar-refractivity contribution >= 4 is 12.3 Å². The Hall–Kier alpha value is -0.860. The van der Waals surface area contributed by atoms with Crippen LogP contribution in [0.15, 0.2) is 0 Å². The highest BCUT2D eigenvalue weighted by Gasteiger charge is 2.13. The largest absolute Gasteiger partial charge is 0.454 e. The topological polar surface area (TPSA) is 43.4 Å². The monoisotopic (exact) mass is 437 g/mol. The molecule has 0 aliphatic heterocycles. The Morgan fingerprint density at radius 1 is 0.581 bits per heavy atom. The minimum atomic E-state index is -0.658. The number of hydrogen-bond acceptors (Lipinski definition) is 3. The first-order valence-corrected chi connectivity index (χ1v) is 13.8. The number of hydrogen-bond donors (Lipinski definition) is 0. The third-order valence-corrected chi connectivity index (χ3v) is 6.21. The number of unbranched alkanes of at least 4 members (excludes halogenated alkanes) is 19. The summed E-state index contributed by atoms with van der Waals surface area (Å²) in [5.74, 6) is -0.226. The molecular weight excluding hydrogens is 384 g/mol. The van der Waals surface area contributed by atoms with Crippen LogP contribution in [0.1, 0.15) is 162 Å². The van der Waals surface area contributed by atoms with Gasteiger partial charge >= 0.3 is 5.97 Å². The number of esters is 1. The van der Waals surface area contributed by atoms with Gasteiger partial charge < -0.3 is 4.74 Å². The molecule has 0 spiro atoms. The highest BCUT2D eigenvalue weighted by atomic mass is 16.5. The standard InChI is InChI=1S/C28H53O3/c1-3-5-7-9-11-13-15-17-19-21-23-25-28(30)31-27(26-29)24-22-20-18-16-14-12-10-8-6-4-2/h27H,3-25H2,1-2H3. The molecule has 0 fully saturated rings. The van der Waals surface area contributed by atoms with E-state index in [2.05, 4.69) is 13.8 Å². The number of ether oxygens (including phenoxy) is 1. The zero-order valence-electron chi connectivity index (χ0n) is 21.1. The van der Waals surface area contributed by atoms with E-state index in [4.69, 9.17) is 4.74 Å². The Balaban J connectivity index is 3.45. The van der Waals surface area contributed by atoms with Crippen molar-refractivity contribution < 1.29 is 14.3 Å². The van der Waals surface area contributed by atoms with Crippen molar-refractivity contribution in [1.82, 2.24) is 0 Å². The van der Waals surface area contributed by atoms with Crippen molar-refractivity contribution in [2.24, 2.45) is 0 Å². The molecule has 1 atom stereocenters. The molecule has 0 heterocycles. The van der Waals surface area contributed by atoms with Crippen molar-refractivity contribution in [3.8, 4) is 0 Å². The maximum Gasteiger partial charge on any atom is 0.306 e. The summed E-state index contributed by atoms with van der Waals surface area (Å²) in [7, 11) is 0. The van der Waals surface area contributed by atoms with E-state index >= 15 is 0 Å². The molecule has 3 nitrogen and oxygen atoms in total. The van der Waals surface area contributed by atoms with Crippen molar-refractivity contribution in [3.05, 3.63) is 0 Å². The molecule has 0 aromatic heterocycles. The normalized spacial score (nSPS) is 12.1. The van der Waals surface area contributed by atoms with Crippen molar-refractivity contribution in [2.45, 2.75) is 168 Å². The molecule has 0 saturated heterocycles. The minimum absolute atomic E-state index is 0.226. The third-order valence-electron chi connectivity index (χ3n) is 6.21. The molecule has 0 amide bonds. The summed E-state index contributed by atoms with van der Waals surface area (Å²) < 4.78 is 5.31. The van der Waals surface area contributed by atoms with Crippen LogP contribution in [0, 0.1) is 0 Å². The Kier molecular flexibility index (Phi) is 24.7. The lowest BCUT2D eigenvalue weighted by molar-refractivity contribution is -0.146. The summed E-state index contributed by atoms with van der Waals surface area (Å²) in [6.45, 7) is 4.51. The van der Waals surface area contributed by atoms with Gasteiger partial charge in [-0.1, -0.05) is 136 Å². The molecule has 0 aromatic rings. The summed E-state index contributed by atoms with van der Waals surface area (Å²) in [6, 6.07) is 0. The first-order chi connectivity index (χ1) is 15.2. The zero-order valence-corrected chi connectivity index (χ0v) is 21.1. The molecule has 31 heavy (non-hydrogen) atoms. The van der Waals surface area contributed by atoms with Crippen molar-refractivity contribution in [1.29, 1.82) is 0 Å². The van der Waals surface area contributed by atoms with E-state index in [-0.39, 0.29) is 5.97 Å². The SMILES string of the molecule is CCCCCCCCCCCCCC(=O)OC([C]=O)CCCCCCCCCCCC. The third kappa shape index (κ3) is 23.6. The van der Waals surface area contributed by atoms with Gasteiger partial charge in [-0.25, -0.2) is 0 Å². The van der Waals surface area contributed by atoms with Gasteiger partial charge in [-0.3, -0.25) is 9.59 Å². The van der Waals surface area contributed by atoms with Gasteiger partial charge in [-0.15, -0.1) is 0 Å². The first-order valence-electron chi connectivity index (χ1n) is 13.8. The Morgan fingerprint density at radius 3 is 1.32 bits per heavy atom. The van der Waals surface area contributed by atoms with Gasteiger partial charge in [-0.05, 0) is 19.3 Å². The van der Waals surface area contributed by atoms with Crippen LogP contribution in [0.4, 0.5) is 0 Å². The molecule has 1 radical (unpaired) electrons. The van der Waals surface area contributed by atoms with Gasteiger partial charge in [0.1, 0.15) is 0 Å². The van der Waals surface area contributed by atoms with Crippen LogP contribution in [-0.4, -0.2) is 18.4 Å². The Bertz CT molecular complexity index is 380. The number of rotatable bonds is 25. The number of carbonyl (C=O) groups is 1. The van der Waals surface area contributed by atoms with Crippen LogP contribution in [0.5, 0.6) is 0 Å². The van der Waals surface area contributed by atoms with E-state index in [0.717, 1.165) is 25.7 Å². The lowest BCUT2D eigenvalue weighted by Crippen LogP contribution is -2.19. The minimum Gasteiger partial charge on any atom is -0.454 e. The molecule has 183 valence electrons. The van der Waals surface area contributed by atoms with Gasteiger partial charge in [-0.2, -0.15) is 0 Å². The quantitative estimate of drug-likeness (QED) is 0.106. The van der Waals surface area contributed by atoms with Crippen LogP contribution in [-0.2, 0) is 14.3 Å². The van der Waals surface area contributed by atoms with Gasteiger partial charge in [0.05, 0.1) is 0 Å². The highest BCUT2D eigenvalue weighted by molar-refractivity contribution is 5.72. The maximum absolute atomic E-state index is 12.0. The lowest BCUT2D eigenvalue weighted by Gasteiger charge is -2.11. The van der Waals surface area contributed by atoms with E-state index in [9.17, 15) is 9.59 Å². The molecule has 1 unspecified atom stereocenters. The first kappa shape index (κ1) is 30.1. The molecule has 0 aliphatic rings. The second-order valence-electron chi connectivity index (χ2n) is 9.35. The van der Waals surface area contributed by atoms with Crippen molar-refractivity contribution in [2.75, 3.05) is 0 Å². The summed E-state index contributed by atoms with van der Waals surface area (Å²) >= 11 is 0. The van der Waals surface area contributed by atoms with E-state index in [1.54, 1.807) is 0 Å². The van der Waals surface area contributed by atoms with Crippen LogP contribution >= 0.6 is 0 Å². The highest BCUT2D eigenvalue weighted by Crippen LogP contribution is 2.14. The average Bonchev–Trinajstić information content (AvgIpc) is 2.77. The molecule has 0 N–H and O–H groups in total. The zero-order chi connectivity index (χ0) is 22.8. The van der Waals surface area contributed by atoms with E-state index < -0.39 is 6.10 Å². The predicted octanol–water partition coefficient (Wildman–Crippen LogP) is 9.02. The van der Waals surface area contributed by atoms with Crippen LogP contribution < -0.4 is 0 Å². The Morgan fingerprint density at radius 2 is 0.935 bits per heavy atom. The second kappa shape index (κ2) is 25.4. The molecule has 0 bridgehead atoms. The van der Waals surface area contributed by atoms with E-state index in [0.29, 0.717) is 12.8 Å². The molecule has 0 saturated carbocycles. The predicted molar refractivity (Wildman–Crippen MR) is 133 cm³/mol. The Labute approximate surface area is 194 Å². The number of carbonyl (C=O) groups excluding carboxylic acids is 2. The second-order valence-corrected chi connectivity index (χ2v) is 9.35. The van der Waals surface area contributed by atoms with Gasteiger partial charge in [0, 0.05) is 6.42 Å².